The summed E-state index contributed by atoms with van der Waals surface area (Å²) < 4.78 is 5.62. The minimum Gasteiger partial charge on any atom is -0.490 e. The van der Waals surface area contributed by atoms with Gasteiger partial charge in [-0.3, -0.25) is 0 Å². The number of hydrogen-bond donors (Lipinski definition) is 1. The fourth-order valence-electron chi connectivity index (χ4n) is 1.10. The summed E-state index contributed by atoms with van der Waals surface area (Å²) >= 11 is 5.92. The molecule has 0 bridgehead atoms. The number of ether oxygens (including phenoxy) is 1. The number of aliphatic hydroxyl groups excluding tert-OH is 1. The molecule has 2 nitrogen and oxygen atoms in total. The van der Waals surface area contributed by atoms with Crippen LogP contribution in [0.4, 0.5) is 0 Å². The van der Waals surface area contributed by atoms with Crippen molar-refractivity contribution in [3.63, 3.8) is 0 Å². The van der Waals surface area contributed by atoms with Gasteiger partial charge < -0.3 is 9.84 Å². The molecule has 1 N–H and O–H groups in total. The molecule has 14 heavy (non-hydrogen) atoms. The van der Waals surface area contributed by atoms with Crippen molar-refractivity contribution in [2.45, 2.75) is 33.0 Å². The average Bonchev–Trinajstić information content (AvgIpc) is 2.18. The van der Waals surface area contributed by atoms with Gasteiger partial charge in [0.2, 0.25) is 0 Å². The molecule has 0 heterocycles. The van der Waals surface area contributed by atoms with Crippen LogP contribution < -0.4 is 4.74 Å². The molecule has 0 amide bonds. The van der Waals surface area contributed by atoms with E-state index in [-0.39, 0.29) is 12.7 Å². The van der Waals surface area contributed by atoms with Crippen LogP contribution in [0.15, 0.2) is 18.2 Å². The standard InChI is InChI=1S/C11H15ClO2/c1-3-8(2)14-11-6-4-5-10(12)9(11)7-13/h4-6,8,13H,3,7H2,1-2H3. The molecule has 0 radical (unpaired) electrons. The average molecular weight is 215 g/mol. The lowest BCUT2D eigenvalue weighted by atomic mass is 10.2. The fourth-order valence-corrected chi connectivity index (χ4v) is 1.33. The SMILES string of the molecule is CCC(C)Oc1cccc(Cl)c1CO. The summed E-state index contributed by atoms with van der Waals surface area (Å²) in [6.45, 7) is 3.95. The van der Waals surface area contributed by atoms with Crippen molar-refractivity contribution < 1.29 is 9.84 Å². The molecule has 0 aromatic heterocycles. The Morgan fingerprint density at radius 3 is 2.79 bits per heavy atom. The Kier molecular flexibility index (Phi) is 4.23. The van der Waals surface area contributed by atoms with Gasteiger partial charge in [0.05, 0.1) is 12.7 Å². The van der Waals surface area contributed by atoms with Crippen molar-refractivity contribution >= 4 is 11.6 Å². The molecule has 1 unspecified atom stereocenters. The molecule has 0 aliphatic rings. The van der Waals surface area contributed by atoms with Crippen LogP contribution in [0, 0.1) is 0 Å². The Bertz CT molecular complexity index is 299. The Morgan fingerprint density at radius 1 is 1.50 bits per heavy atom. The van der Waals surface area contributed by atoms with Gasteiger partial charge >= 0.3 is 0 Å². The van der Waals surface area contributed by atoms with Gasteiger partial charge in [-0.25, -0.2) is 0 Å². The van der Waals surface area contributed by atoms with Crippen LogP contribution in [-0.2, 0) is 6.61 Å². The van der Waals surface area contributed by atoms with Gasteiger partial charge in [-0.05, 0) is 25.5 Å². The van der Waals surface area contributed by atoms with Gasteiger partial charge in [-0.1, -0.05) is 24.6 Å². The van der Waals surface area contributed by atoms with Gasteiger partial charge in [0, 0.05) is 10.6 Å². The van der Waals surface area contributed by atoms with Gasteiger partial charge in [0.1, 0.15) is 5.75 Å². The molecule has 0 aliphatic heterocycles. The van der Waals surface area contributed by atoms with Gasteiger partial charge in [0.15, 0.2) is 0 Å². The molecule has 78 valence electrons. The highest BCUT2D eigenvalue weighted by Crippen LogP contribution is 2.27. The maximum Gasteiger partial charge on any atom is 0.126 e. The summed E-state index contributed by atoms with van der Waals surface area (Å²) in [5, 5.41) is 9.67. The molecule has 0 saturated heterocycles. The smallest absolute Gasteiger partial charge is 0.126 e. The lowest BCUT2D eigenvalue weighted by molar-refractivity contribution is 0.206. The van der Waals surface area contributed by atoms with E-state index in [2.05, 4.69) is 0 Å². The van der Waals surface area contributed by atoms with Crippen molar-refractivity contribution in [2.75, 3.05) is 0 Å². The molecule has 1 rings (SSSR count). The summed E-state index contributed by atoms with van der Waals surface area (Å²) in [4.78, 5) is 0. The number of benzene rings is 1. The second-order valence-corrected chi connectivity index (χ2v) is 3.62. The van der Waals surface area contributed by atoms with Crippen molar-refractivity contribution in [1.82, 2.24) is 0 Å². The third kappa shape index (κ3) is 2.63. The number of aliphatic hydroxyl groups is 1. The summed E-state index contributed by atoms with van der Waals surface area (Å²) in [7, 11) is 0. The van der Waals surface area contributed by atoms with Crippen LogP contribution in [0.3, 0.4) is 0 Å². The van der Waals surface area contributed by atoms with Crippen LogP contribution >= 0.6 is 11.6 Å². The Balaban J connectivity index is 2.90. The van der Waals surface area contributed by atoms with Gasteiger partial charge in [-0.15, -0.1) is 0 Å². The first-order chi connectivity index (χ1) is 6.69. The summed E-state index contributed by atoms with van der Waals surface area (Å²) in [6, 6.07) is 5.39. The third-order valence-corrected chi connectivity index (χ3v) is 2.49. The van der Waals surface area contributed by atoms with Crippen LogP contribution in [-0.4, -0.2) is 11.2 Å². The monoisotopic (exact) mass is 214 g/mol. The third-order valence-electron chi connectivity index (χ3n) is 2.14. The molecular formula is C11H15ClO2. The van der Waals surface area contributed by atoms with Crippen molar-refractivity contribution in [3.05, 3.63) is 28.8 Å². The van der Waals surface area contributed by atoms with E-state index in [0.717, 1.165) is 6.42 Å². The van der Waals surface area contributed by atoms with Crippen molar-refractivity contribution in [1.29, 1.82) is 0 Å². The van der Waals surface area contributed by atoms with Crippen molar-refractivity contribution in [2.24, 2.45) is 0 Å². The van der Waals surface area contributed by atoms with Gasteiger partial charge in [-0.2, -0.15) is 0 Å². The molecular weight excluding hydrogens is 200 g/mol. The highest BCUT2D eigenvalue weighted by Gasteiger charge is 2.09. The minimum atomic E-state index is -0.0918. The Morgan fingerprint density at radius 2 is 2.21 bits per heavy atom. The topological polar surface area (TPSA) is 29.5 Å². The summed E-state index contributed by atoms with van der Waals surface area (Å²) in [6.07, 6.45) is 1.07. The number of halogens is 1. The van der Waals surface area contributed by atoms with E-state index in [4.69, 9.17) is 21.4 Å². The lowest BCUT2D eigenvalue weighted by Crippen LogP contribution is -2.11. The zero-order valence-electron chi connectivity index (χ0n) is 8.46. The van der Waals surface area contributed by atoms with E-state index in [0.29, 0.717) is 16.3 Å². The maximum atomic E-state index is 9.12. The predicted octanol–water partition coefficient (Wildman–Crippen LogP) is 3.01. The largest absolute Gasteiger partial charge is 0.490 e. The molecule has 0 saturated carbocycles. The molecule has 1 aromatic carbocycles. The molecule has 0 fully saturated rings. The van der Waals surface area contributed by atoms with Crippen LogP contribution in [0.1, 0.15) is 25.8 Å². The molecule has 0 spiro atoms. The van der Waals surface area contributed by atoms with E-state index in [1.165, 1.54) is 0 Å². The summed E-state index contributed by atoms with van der Waals surface area (Å²) in [5.74, 6) is 0.675. The lowest BCUT2D eigenvalue weighted by Gasteiger charge is -2.15. The minimum absolute atomic E-state index is 0.0918. The highest BCUT2D eigenvalue weighted by atomic mass is 35.5. The molecule has 3 heteroatoms. The van der Waals surface area contributed by atoms with Gasteiger partial charge in [0.25, 0.3) is 0 Å². The number of rotatable bonds is 4. The fraction of sp³-hybridized carbons (Fsp3) is 0.455. The van der Waals surface area contributed by atoms with E-state index >= 15 is 0 Å². The normalized spacial score (nSPS) is 12.6. The predicted molar refractivity (Wildman–Crippen MR) is 57.8 cm³/mol. The maximum absolute atomic E-state index is 9.12. The van der Waals surface area contributed by atoms with E-state index in [1.807, 2.05) is 26.0 Å². The number of hydrogen-bond acceptors (Lipinski definition) is 2. The summed E-state index contributed by atoms with van der Waals surface area (Å²) in [5.41, 5.74) is 0.662. The van der Waals surface area contributed by atoms with E-state index < -0.39 is 0 Å². The van der Waals surface area contributed by atoms with Crippen LogP contribution in [0.5, 0.6) is 5.75 Å². The second-order valence-electron chi connectivity index (χ2n) is 3.21. The zero-order chi connectivity index (χ0) is 10.6. The Hall–Kier alpha value is -0.730. The van der Waals surface area contributed by atoms with Crippen LogP contribution in [0.25, 0.3) is 0 Å². The molecule has 0 aliphatic carbocycles. The highest BCUT2D eigenvalue weighted by molar-refractivity contribution is 6.31. The zero-order valence-corrected chi connectivity index (χ0v) is 9.21. The van der Waals surface area contributed by atoms with E-state index in [1.54, 1.807) is 6.07 Å². The molecule has 1 aromatic rings. The first-order valence-electron chi connectivity index (χ1n) is 4.74. The van der Waals surface area contributed by atoms with E-state index in [9.17, 15) is 0 Å². The first kappa shape index (κ1) is 11.3. The Labute approximate surface area is 89.5 Å². The second kappa shape index (κ2) is 5.23. The first-order valence-corrected chi connectivity index (χ1v) is 5.11. The van der Waals surface area contributed by atoms with Crippen molar-refractivity contribution in [3.8, 4) is 5.75 Å². The quantitative estimate of drug-likeness (QED) is 0.835. The van der Waals surface area contributed by atoms with Crippen LogP contribution in [0.2, 0.25) is 5.02 Å². The molecule has 1 atom stereocenters.